The Labute approximate surface area is 165 Å². The first-order chi connectivity index (χ1) is 12.5. The van der Waals surface area contributed by atoms with Crippen molar-refractivity contribution >= 4 is 29.1 Å². The number of amides is 1. The molecule has 0 unspecified atom stereocenters. The Kier molecular flexibility index (Phi) is 8.23. The lowest BCUT2D eigenvalue weighted by Crippen LogP contribution is -2.23. The number of hydrogen-bond acceptors (Lipinski definition) is 3. The summed E-state index contributed by atoms with van der Waals surface area (Å²) < 4.78 is 5.58. The van der Waals surface area contributed by atoms with Crippen molar-refractivity contribution in [2.45, 2.75) is 25.9 Å². The second-order valence-electron chi connectivity index (χ2n) is 6.33. The Hall–Kier alpha value is -1.75. The van der Waals surface area contributed by atoms with Crippen LogP contribution < -0.4 is 10.1 Å². The van der Waals surface area contributed by atoms with Crippen LogP contribution in [0.25, 0.3) is 0 Å². The summed E-state index contributed by atoms with van der Waals surface area (Å²) in [5, 5.41) is 3.78. The van der Waals surface area contributed by atoms with Crippen molar-refractivity contribution in [2.75, 3.05) is 20.7 Å². The average molecular weight is 395 g/mol. The van der Waals surface area contributed by atoms with Gasteiger partial charge in [0.2, 0.25) is 5.91 Å². The number of hydrogen-bond donors (Lipinski definition) is 1. The van der Waals surface area contributed by atoms with Crippen molar-refractivity contribution in [1.29, 1.82) is 0 Å². The molecule has 6 heteroatoms. The topological polar surface area (TPSA) is 41.6 Å². The molecule has 0 aromatic heterocycles. The Morgan fingerprint density at radius 1 is 1.08 bits per heavy atom. The largest absolute Gasteiger partial charge is 0.492 e. The van der Waals surface area contributed by atoms with E-state index in [1.165, 1.54) is 5.56 Å². The van der Waals surface area contributed by atoms with Crippen LogP contribution in [0, 0.1) is 0 Å². The van der Waals surface area contributed by atoms with Crippen molar-refractivity contribution in [3.8, 4) is 5.75 Å². The fraction of sp³-hybridized carbons (Fsp3) is 0.350. The van der Waals surface area contributed by atoms with Crippen LogP contribution in [0.3, 0.4) is 0 Å². The zero-order valence-corrected chi connectivity index (χ0v) is 16.6. The van der Waals surface area contributed by atoms with Crippen LogP contribution in [-0.4, -0.2) is 31.5 Å². The van der Waals surface area contributed by atoms with E-state index in [-0.39, 0.29) is 5.91 Å². The molecule has 0 aliphatic rings. The third-order valence-corrected chi connectivity index (χ3v) is 4.53. The molecule has 0 fully saturated rings. The van der Waals surface area contributed by atoms with Gasteiger partial charge in [-0.1, -0.05) is 53.5 Å². The van der Waals surface area contributed by atoms with Crippen LogP contribution in [0.1, 0.15) is 24.0 Å². The van der Waals surface area contributed by atoms with Gasteiger partial charge in [0, 0.05) is 19.5 Å². The van der Waals surface area contributed by atoms with Crippen molar-refractivity contribution in [1.82, 2.24) is 10.2 Å². The van der Waals surface area contributed by atoms with E-state index in [4.69, 9.17) is 27.9 Å². The highest BCUT2D eigenvalue weighted by Crippen LogP contribution is 2.31. The molecule has 140 valence electrons. The smallest absolute Gasteiger partial charge is 0.220 e. The van der Waals surface area contributed by atoms with Gasteiger partial charge >= 0.3 is 0 Å². The van der Waals surface area contributed by atoms with Gasteiger partial charge in [-0.05, 0) is 43.8 Å². The Bertz CT molecular complexity index is 718. The van der Waals surface area contributed by atoms with E-state index in [1.807, 2.05) is 26.2 Å². The second kappa shape index (κ2) is 10.4. The van der Waals surface area contributed by atoms with E-state index < -0.39 is 0 Å². The van der Waals surface area contributed by atoms with Crippen molar-refractivity contribution in [3.05, 3.63) is 63.6 Å². The molecule has 1 amide bonds. The van der Waals surface area contributed by atoms with Crippen LogP contribution in [-0.2, 0) is 17.9 Å². The zero-order valence-electron chi connectivity index (χ0n) is 15.1. The van der Waals surface area contributed by atoms with Crippen LogP contribution >= 0.6 is 23.2 Å². The predicted octanol–water partition coefficient (Wildman–Crippen LogP) is 4.53. The summed E-state index contributed by atoms with van der Waals surface area (Å²) in [7, 11) is 4.08. The maximum atomic E-state index is 11.9. The molecule has 2 aromatic rings. The summed E-state index contributed by atoms with van der Waals surface area (Å²) in [6.45, 7) is 1.85. The minimum Gasteiger partial charge on any atom is -0.492 e. The Morgan fingerprint density at radius 3 is 2.46 bits per heavy atom. The number of nitrogens with zero attached hydrogens (tertiary/aromatic N) is 1. The molecule has 0 atom stereocenters. The number of carbonyl (C=O) groups excluding carboxylic acids is 1. The molecule has 4 nitrogen and oxygen atoms in total. The Morgan fingerprint density at radius 2 is 1.77 bits per heavy atom. The fourth-order valence-electron chi connectivity index (χ4n) is 2.43. The summed E-state index contributed by atoms with van der Waals surface area (Å²) in [6.07, 6.45) is 1.01. The van der Waals surface area contributed by atoms with E-state index in [1.54, 1.807) is 18.2 Å². The lowest BCUT2D eigenvalue weighted by Gasteiger charge is -2.11. The monoisotopic (exact) mass is 394 g/mol. The SMILES string of the molecule is CN(C)Cc1ccc(CNC(=O)CCCOc2cccc(Cl)c2Cl)cc1. The molecule has 0 aliphatic heterocycles. The van der Waals surface area contributed by atoms with Gasteiger partial charge in [0.25, 0.3) is 0 Å². The highest BCUT2D eigenvalue weighted by molar-refractivity contribution is 6.42. The predicted molar refractivity (Wildman–Crippen MR) is 107 cm³/mol. The number of rotatable bonds is 9. The third kappa shape index (κ3) is 6.87. The van der Waals surface area contributed by atoms with Gasteiger partial charge in [0.05, 0.1) is 11.6 Å². The van der Waals surface area contributed by atoms with Crippen LogP contribution in [0.4, 0.5) is 0 Å². The number of nitrogens with one attached hydrogen (secondary N) is 1. The van der Waals surface area contributed by atoms with E-state index in [9.17, 15) is 4.79 Å². The molecule has 0 saturated carbocycles. The van der Waals surface area contributed by atoms with Gasteiger partial charge in [0.1, 0.15) is 10.8 Å². The maximum Gasteiger partial charge on any atom is 0.220 e. The molecule has 0 spiro atoms. The molecule has 0 saturated heterocycles. The summed E-state index contributed by atoms with van der Waals surface area (Å²) >= 11 is 12.0. The van der Waals surface area contributed by atoms with Crippen LogP contribution in [0.5, 0.6) is 5.75 Å². The van der Waals surface area contributed by atoms with Gasteiger partial charge < -0.3 is 15.0 Å². The highest BCUT2D eigenvalue weighted by atomic mass is 35.5. The zero-order chi connectivity index (χ0) is 18.9. The van der Waals surface area contributed by atoms with E-state index in [2.05, 4.69) is 22.3 Å². The first-order valence-corrected chi connectivity index (χ1v) is 9.27. The molecule has 0 radical (unpaired) electrons. The average Bonchev–Trinajstić information content (AvgIpc) is 2.61. The first kappa shape index (κ1) is 20.6. The highest BCUT2D eigenvalue weighted by Gasteiger charge is 2.06. The first-order valence-electron chi connectivity index (χ1n) is 8.52. The molecule has 1 N–H and O–H groups in total. The number of carbonyl (C=O) groups is 1. The van der Waals surface area contributed by atoms with E-state index in [0.717, 1.165) is 12.1 Å². The lowest BCUT2D eigenvalue weighted by atomic mass is 10.1. The summed E-state index contributed by atoms with van der Waals surface area (Å²) in [6, 6.07) is 13.5. The summed E-state index contributed by atoms with van der Waals surface area (Å²) in [4.78, 5) is 14.1. The number of benzene rings is 2. The summed E-state index contributed by atoms with van der Waals surface area (Å²) in [5.41, 5.74) is 2.34. The van der Waals surface area contributed by atoms with Crippen LogP contribution in [0.2, 0.25) is 10.0 Å². The van der Waals surface area contributed by atoms with Crippen LogP contribution in [0.15, 0.2) is 42.5 Å². The normalized spacial score (nSPS) is 10.8. The van der Waals surface area contributed by atoms with E-state index in [0.29, 0.717) is 41.8 Å². The van der Waals surface area contributed by atoms with Gasteiger partial charge in [-0.3, -0.25) is 4.79 Å². The molecule has 0 heterocycles. The molecule has 2 aromatic carbocycles. The minimum absolute atomic E-state index is 0.00293. The van der Waals surface area contributed by atoms with Gasteiger partial charge in [-0.15, -0.1) is 0 Å². The van der Waals surface area contributed by atoms with Crippen molar-refractivity contribution in [3.63, 3.8) is 0 Å². The second-order valence-corrected chi connectivity index (χ2v) is 7.12. The fourth-order valence-corrected chi connectivity index (χ4v) is 2.77. The van der Waals surface area contributed by atoms with Gasteiger partial charge in [-0.25, -0.2) is 0 Å². The molecule has 0 aliphatic carbocycles. The molecule has 26 heavy (non-hydrogen) atoms. The molecular weight excluding hydrogens is 371 g/mol. The van der Waals surface area contributed by atoms with Crippen molar-refractivity contribution in [2.24, 2.45) is 0 Å². The summed E-state index contributed by atoms with van der Waals surface area (Å²) in [5.74, 6) is 0.542. The number of halogens is 2. The van der Waals surface area contributed by atoms with Gasteiger partial charge in [0.15, 0.2) is 0 Å². The molecule has 2 rings (SSSR count). The Balaban J connectivity index is 1.66. The van der Waals surface area contributed by atoms with Gasteiger partial charge in [-0.2, -0.15) is 0 Å². The maximum absolute atomic E-state index is 11.9. The standard InChI is InChI=1S/C20H24Cl2N2O2/c1-24(2)14-16-10-8-15(9-11-16)13-23-19(25)7-4-12-26-18-6-3-5-17(21)20(18)22/h3,5-6,8-11H,4,7,12-14H2,1-2H3,(H,23,25). The number of ether oxygens (including phenoxy) is 1. The quantitative estimate of drug-likeness (QED) is 0.635. The molecular formula is C20H24Cl2N2O2. The lowest BCUT2D eigenvalue weighted by molar-refractivity contribution is -0.121. The van der Waals surface area contributed by atoms with Crippen molar-refractivity contribution < 1.29 is 9.53 Å². The molecule has 0 bridgehead atoms. The third-order valence-electron chi connectivity index (χ3n) is 3.73. The van der Waals surface area contributed by atoms with E-state index >= 15 is 0 Å². The minimum atomic E-state index is 0.00293.